The zero-order valence-corrected chi connectivity index (χ0v) is 13.6. The van der Waals surface area contributed by atoms with E-state index in [9.17, 15) is 9.59 Å². The Hall–Kier alpha value is -3.22. The second-order valence-corrected chi connectivity index (χ2v) is 5.15. The van der Waals surface area contributed by atoms with Crippen molar-refractivity contribution in [3.63, 3.8) is 0 Å². The fraction of sp³-hybridized carbons (Fsp3) is 0.222. The van der Waals surface area contributed by atoms with E-state index in [1.807, 2.05) is 0 Å². The van der Waals surface area contributed by atoms with Crippen LogP contribution in [0.4, 0.5) is 5.69 Å². The van der Waals surface area contributed by atoms with Crippen molar-refractivity contribution in [2.45, 2.75) is 6.92 Å². The van der Waals surface area contributed by atoms with Crippen LogP contribution < -0.4 is 19.5 Å². The topological polar surface area (TPSA) is 83.1 Å². The van der Waals surface area contributed by atoms with E-state index in [4.69, 9.17) is 18.9 Å². The van der Waals surface area contributed by atoms with Gasteiger partial charge in [-0.15, -0.1) is 0 Å². The van der Waals surface area contributed by atoms with Crippen molar-refractivity contribution in [3.05, 3.63) is 48.0 Å². The molecule has 3 rings (SSSR count). The van der Waals surface area contributed by atoms with Gasteiger partial charge in [-0.25, -0.2) is 4.79 Å². The number of hydrogen-bond donors (Lipinski definition) is 1. The van der Waals surface area contributed by atoms with Crippen molar-refractivity contribution in [1.29, 1.82) is 0 Å². The number of rotatable bonds is 6. The molecule has 130 valence electrons. The molecular weight excluding hydrogens is 326 g/mol. The third-order valence-electron chi connectivity index (χ3n) is 3.37. The molecule has 0 atom stereocenters. The molecule has 1 N–H and O–H groups in total. The van der Waals surface area contributed by atoms with E-state index in [1.54, 1.807) is 49.4 Å². The highest BCUT2D eigenvalue weighted by Crippen LogP contribution is 2.35. The molecule has 2 aromatic carbocycles. The zero-order chi connectivity index (χ0) is 17.6. The van der Waals surface area contributed by atoms with E-state index in [2.05, 4.69) is 5.32 Å². The summed E-state index contributed by atoms with van der Waals surface area (Å²) in [5.41, 5.74) is 0.862. The minimum atomic E-state index is -0.435. The Balaban J connectivity index is 1.56. The lowest BCUT2D eigenvalue weighted by Gasteiger charge is -2.09. The number of ether oxygens (including phenoxy) is 4. The summed E-state index contributed by atoms with van der Waals surface area (Å²) in [6.45, 7) is 2.02. The summed E-state index contributed by atoms with van der Waals surface area (Å²) >= 11 is 0. The van der Waals surface area contributed by atoms with Crippen molar-refractivity contribution in [2.75, 3.05) is 25.3 Å². The molecule has 0 aliphatic carbocycles. The monoisotopic (exact) mass is 343 g/mol. The van der Waals surface area contributed by atoms with Crippen molar-refractivity contribution in [1.82, 2.24) is 0 Å². The minimum Gasteiger partial charge on any atom is -0.484 e. The molecule has 1 aliphatic heterocycles. The zero-order valence-electron chi connectivity index (χ0n) is 13.6. The predicted molar refractivity (Wildman–Crippen MR) is 89.1 cm³/mol. The van der Waals surface area contributed by atoms with Crippen LogP contribution >= 0.6 is 0 Å². The van der Waals surface area contributed by atoms with Crippen molar-refractivity contribution in [3.8, 4) is 17.2 Å². The molecule has 0 saturated heterocycles. The first-order valence-electron chi connectivity index (χ1n) is 7.75. The molecule has 1 amide bonds. The Labute approximate surface area is 144 Å². The van der Waals surface area contributed by atoms with Gasteiger partial charge in [0.15, 0.2) is 18.1 Å². The van der Waals surface area contributed by atoms with Crippen LogP contribution in [-0.2, 0) is 9.53 Å². The lowest BCUT2D eigenvalue weighted by Crippen LogP contribution is -2.20. The fourth-order valence-electron chi connectivity index (χ4n) is 2.25. The van der Waals surface area contributed by atoms with Crippen LogP contribution in [0.25, 0.3) is 0 Å². The van der Waals surface area contributed by atoms with Crippen LogP contribution in [0.5, 0.6) is 17.2 Å². The highest BCUT2D eigenvalue weighted by atomic mass is 16.7. The largest absolute Gasteiger partial charge is 0.484 e. The van der Waals surface area contributed by atoms with Gasteiger partial charge in [-0.2, -0.15) is 0 Å². The maximum atomic E-state index is 12.0. The molecule has 0 bridgehead atoms. The van der Waals surface area contributed by atoms with Crippen LogP contribution in [0, 0.1) is 0 Å². The number of nitrogens with one attached hydrogen (secondary N) is 1. The van der Waals surface area contributed by atoms with E-state index < -0.39 is 5.97 Å². The van der Waals surface area contributed by atoms with Gasteiger partial charge in [-0.3, -0.25) is 4.79 Å². The number of carbonyl (C=O) groups is 2. The van der Waals surface area contributed by atoms with Crippen molar-refractivity contribution in [2.24, 2.45) is 0 Å². The van der Waals surface area contributed by atoms with Crippen LogP contribution in [0.3, 0.4) is 0 Å². The molecule has 7 nitrogen and oxygen atoms in total. The third kappa shape index (κ3) is 4.20. The molecule has 0 fully saturated rings. The van der Waals surface area contributed by atoms with E-state index in [1.165, 1.54) is 0 Å². The van der Waals surface area contributed by atoms with Gasteiger partial charge in [0.05, 0.1) is 12.2 Å². The summed E-state index contributed by atoms with van der Waals surface area (Å²) in [4.78, 5) is 23.7. The first kappa shape index (κ1) is 16.6. The fourth-order valence-corrected chi connectivity index (χ4v) is 2.25. The molecule has 1 heterocycles. The van der Waals surface area contributed by atoms with Gasteiger partial charge in [-0.1, -0.05) is 6.07 Å². The number of carbonyl (C=O) groups excluding carboxylic acids is 2. The minimum absolute atomic E-state index is 0.177. The highest BCUT2D eigenvalue weighted by Gasteiger charge is 2.14. The number of esters is 1. The summed E-state index contributed by atoms with van der Waals surface area (Å²) in [6.07, 6.45) is 0. The second-order valence-electron chi connectivity index (χ2n) is 5.15. The number of benzene rings is 2. The summed E-state index contributed by atoms with van der Waals surface area (Å²) < 4.78 is 20.8. The van der Waals surface area contributed by atoms with E-state index in [-0.39, 0.29) is 19.3 Å². The highest BCUT2D eigenvalue weighted by molar-refractivity contribution is 5.95. The van der Waals surface area contributed by atoms with E-state index >= 15 is 0 Å². The average Bonchev–Trinajstić information content (AvgIpc) is 3.08. The molecule has 7 heteroatoms. The Kier molecular flexibility index (Phi) is 5.03. The summed E-state index contributed by atoms with van der Waals surface area (Å²) in [5.74, 6) is 0.946. The molecule has 0 unspecified atom stereocenters. The smallest absolute Gasteiger partial charge is 0.338 e. The molecule has 0 radical (unpaired) electrons. The van der Waals surface area contributed by atoms with Gasteiger partial charge >= 0.3 is 5.97 Å². The lowest BCUT2D eigenvalue weighted by atomic mass is 10.2. The standard InChI is InChI=1S/C18H17NO6/c1-2-22-18(21)12-4-3-5-13(8-12)19-17(20)10-23-14-6-7-15-16(9-14)25-11-24-15/h3-9H,2,10-11H2,1H3,(H,19,20). The molecule has 1 aliphatic rings. The number of amides is 1. The molecule has 0 saturated carbocycles. The Bertz CT molecular complexity index is 789. The lowest BCUT2D eigenvalue weighted by molar-refractivity contribution is -0.118. The van der Waals surface area contributed by atoms with E-state index in [0.717, 1.165) is 0 Å². The SMILES string of the molecule is CCOC(=O)c1cccc(NC(=O)COc2ccc3c(c2)OCO3)c1. The van der Waals surface area contributed by atoms with Crippen molar-refractivity contribution < 1.29 is 28.5 Å². The maximum absolute atomic E-state index is 12.0. The number of fused-ring (bicyclic) bond motifs is 1. The predicted octanol–water partition coefficient (Wildman–Crippen LogP) is 2.61. The number of anilines is 1. The summed E-state index contributed by atoms with van der Waals surface area (Å²) in [6, 6.07) is 11.6. The van der Waals surface area contributed by atoms with Crippen LogP contribution in [0.15, 0.2) is 42.5 Å². The van der Waals surface area contributed by atoms with Crippen LogP contribution in [-0.4, -0.2) is 31.9 Å². The van der Waals surface area contributed by atoms with Crippen LogP contribution in [0.1, 0.15) is 17.3 Å². The Morgan fingerprint density at radius 2 is 1.96 bits per heavy atom. The quantitative estimate of drug-likeness (QED) is 0.812. The van der Waals surface area contributed by atoms with Gasteiger partial charge in [0, 0.05) is 11.8 Å². The molecule has 2 aromatic rings. The molecular formula is C18H17NO6. The van der Waals surface area contributed by atoms with Crippen LogP contribution in [0.2, 0.25) is 0 Å². The van der Waals surface area contributed by atoms with Gasteiger partial charge in [0.25, 0.3) is 5.91 Å². The Morgan fingerprint density at radius 3 is 2.80 bits per heavy atom. The normalized spacial score (nSPS) is 11.7. The first-order valence-corrected chi connectivity index (χ1v) is 7.75. The maximum Gasteiger partial charge on any atom is 0.338 e. The van der Waals surface area contributed by atoms with Gasteiger partial charge in [0.1, 0.15) is 5.75 Å². The second kappa shape index (κ2) is 7.57. The van der Waals surface area contributed by atoms with Crippen molar-refractivity contribution >= 4 is 17.6 Å². The average molecular weight is 343 g/mol. The molecule has 0 spiro atoms. The van der Waals surface area contributed by atoms with Gasteiger partial charge < -0.3 is 24.3 Å². The Morgan fingerprint density at radius 1 is 1.12 bits per heavy atom. The summed E-state index contributed by atoms with van der Waals surface area (Å²) in [5, 5.41) is 2.67. The first-order chi connectivity index (χ1) is 12.2. The van der Waals surface area contributed by atoms with Gasteiger partial charge in [-0.05, 0) is 37.3 Å². The van der Waals surface area contributed by atoms with Gasteiger partial charge in [0.2, 0.25) is 6.79 Å². The number of hydrogen-bond acceptors (Lipinski definition) is 6. The molecule has 0 aromatic heterocycles. The third-order valence-corrected chi connectivity index (χ3v) is 3.37. The summed E-state index contributed by atoms with van der Waals surface area (Å²) in [7, 11) is 0. The van der Waals surface area contributed by atoms with E-state index in [0.29, 0.717) is 35.1 Å². The molecule has 25 heavy (non-hydrogen) atoms.